The molecule has 0 radical (unpaired) electrons. The summed E-state index contributed by atoms with van der Waals surface area (Å²) in [5.74, 6) is 11.8. The minimum absolute atomic E-state index is 0.152. The van der Waals surface area contributed by atoms with Crippen molar-refractivity contribution in [1.29, 1.82) is 0 Å². The van der Waals surface area contributed by atoms with Crippen LogP contribution in [0.3, 0.4) is 0 Å². The number of benzene rings is 1. The van der Waals surface area contributed by atoms with Crippen molar-refractivity contribution in [1.82, 2.24) is 29.7 Å². The molecule has 0 amide bonds. The lowest BCUT2D eigenvalue weighted by atomic mass is 10.1. The summed E-state index contributed by atoms with van der Waals surface area (Å²) in [7, 11) is 3.09. The van der Waals surface area contributed by atoms with E-state index in [-0.39, 0.29) is 13.1 Å². The Hall–Kier alpha value is -6.60. The van der Waals surface area contributed by atoms with E-state index in [9.17, 15) is 19.8 Å². The summed E-state index contributed by atoms with van der Waals surface area (Å²) >= 11 is 0. The van der Waals surface area contributed by atoms with E-state index in [4.69, 9.17) is 9.47 Å². The van der Waals surface area contributed by atoms with Crippen LogP contribution in [0, 0.1) is 23.7 Å². The third-order valence-electron chi connectivity index (χ3n) is 7.57. The van der Waals surface area contributed by atoms with Crippen molar-refractivity contribution in [2.75, 3.05) is 27.3 Å². The zero-order valence-corrected chi connectivity index (χ0v) is 28.7. The zero-order valence-electron chi connectivity index (χ0n) is 28.7. The first-order valence-corrected chi connectivity index (χ1v) is 16.2. The van der Waals surface area contributed by atoms with Gasteiger partial charge in [0, 0.05) is 85.4 Å². The number of carbonyl (C=O) groups is 2. The lowest BCUT2D eigenvalue weighted by molar-refractivity contribution is -0.139. The smallest absolute Gasteiger partial charge is 0.317 e. The van der Waals surface area contributed by atoms with Gasteiger partial charge in [-0.3, -0.25) is 39.3 Å². The SMILES string of the molecule is COc1cc(C#Cc2ccc(CN(CC(=O)O)Cc3ccccn3)nc2)c(C#Cc2ccc(CN(CC(=O)O)Cc3ccccn3)nc2)cc1OC. The third-order valence-corrected chi connectivity index (χ3v) is 7.57. The van der Waals surface area contributed by atoms with Gasteiger partial charge in [-0.1, -0.05) is 35.8 Å². The quantitative estimate of drug-likeness (QED) is 0.160. The van der Waals surface area contributed by atoms with E-state index < -0.39 is 11.9 Å². The Balaban J connectivity index is 1.32. The number of nitrogens with zero attached hydrogens (tertiary/aromatic N) is 6. The summed E-state index contributed by atoms with van der Waals surface area (Å²) in [6.45, 7) is 1.10. The highest BCUT2D eigenvalue weighted by molar-refractivity contribution is 5.69. The number of carboxylic acid groups (broad SMARTS) is 2. The van der Waals surface area contributed by atoms with E-state index in [0.29, 0.717) is 71.3 Å². The van der Waals surface area contributed by atoms with Gasteiger partial charge in [-0.05, 0) is 48.5 Å². The zero-order chi connectivity index (χ0) is 36.7. The fourth-order valence-electron chi connectivity index (χ4n) is 5.17. The second kappa shape index (κ2) is 18.4. The molecule has 0 aliphatic rings. The van der Waals surface area contributed by atoms with Gasteiger partial charge in [0.1, 0.15) is 0 Å². The summed E-state index contributed by atoms with van der Waals surface area (Å²) in [4.78, 5) is 44.1. The maximum absolute atomic E-state index is 11.5. The van der Waals surface area contributed by atoms with Crippen LogP contribution in [0.2, 0.25) is 0 Å². The number of ether oxygens (including phenoxy) is 2. The number of hydrogen-bond acceptors (Lipinski definition) is 10. The molecule has 262 valence electrons. The second-order valence-electron chi connectivity index (χ2n) is 11.5. The number of pyridine rings is 4. The molecule has 0 saturated heterocycles. The maximum Gasteiger partial charge on any atom is 0.317 e. The monoisotopic (exact) mass is 696 g/mol. The molecule has 0 unspecified atom stereocenters. The summed E-state index contributed by atoms with van der Waals surface area (Å²) < 4.78 is 11.0. The molecule has 0 saturated carbocycles. The van der Waals surface area contributed by atoms with Gasteiger partial charge in [0.15, 0.2) is 11.5 Å². The van der Waals surface area contributed by atoms with Crippen molar-refractivity contribution in [3.8, 4) is 35.2 Å². The molecule has 4 heterocycles. The Morgan fingerprint density at radius 2 is 0.981 bits per heavy atom. The summed E-state index contributed by atoms with van der Waals surface area (Å²) in [5, 5.41) is 18.8. The average molecular weight is 697 g/mol. The fraction of sp³-hybridized carbons (Fsp3) is 0.200. The van der Waals surface area contributed by atoms with Gasteiger partial charge < -0.3 is 19.7 Å². The molecule has 12 heteroatoms. The fourth-order valence-corrected chi connectivity index (χ4v) is 5.17. The van der Waals surface area contributed by atoms with E-state index in [0.717, 1.165) is 11.4 Å². The lowest BCUT2D eigenvalue weighted by Gasteiger charge is -2.19. The Labute approximate surface area is 301 Å². The highest BCUT2D eigenvalue weighted by Crippen LogP contribution is 2.30. The Kier molecular flexibility index (Phi) is 13.0. The van der Waals surface area contributed by atoms with Gasteiger partial charge in [0.25, 0.3) is 0 Å². The summed E-state index contributed by atoms with van der Waals surface area (Å²) in [5.41, 5.74) is 5.47. The van der Waals surface area contributed by atoms with Crippen LogP contribution in [0.5, 0.6) is 11.5 Å². The molecule has 0 aliphatic carbocycles. The minimum Gasteiger partial charge on any atom is -0.493 e. The van der Waals surface area contributed by atoms with Crippen LogP contribution < -0.4 is 9.47 Å². The molecular formula is C40H36N6O6. The Morgan fingerprint density at radius 1 is 0.577 bits per heavy atom. The molecule has 2 N–H and O–H groups in total. The first kappa shape index (κ1) is 36.7. The van der Waals surface area contributed by atoms with Crippen LogP contribution in [-0.4, -0.2) is 79.2 Å². The van der Waals surface area contributed by atoms with E-state index in [1.807, 2.05) is 60.7 Å². The van der Waals surface area contributed by atoms with Crippen molar-refractivity contribution in [2.24, 2.45) is 0 Å². The molecule has 12 nitrogen and oxygen atoms in total. The van der Waals surface area contributed by atoms with Crippen LogP contribution in [0.4, 0.5) is 0 Å². The summed E-state index contributed by atoms with van der Waals surface area (Å²) in [6, 6.07) is 21.9. The second-order valence-corrected chi connectivity index (χ2v) is 11.5. The Morgan fingerprint density at radius 3 is 1.29 bits per heavy atom. The number of carboxylic acids is 2. The van der Waals surface area contributed by atoms with Crippen LogP contribution >= 0.6 is 0 Å². The highest BCUT2D eigenvalue weighted by atomic mass is 16.5. The van der Waals surface area contributed by atoms with Gasteiger partial charge in [0.2, 0.25) is 0 Å². The molecule has 0 atom stereocenters. The molecule has 0 bridgehead atoms. The average Bonchev–Trinajstić information content (AvgIpc) is 3.14. The first-order chi connectivity index (χ1) is 25.3. The predicted molar refractivity (Wildman–Crippen MR) is 192 cm³/mol. The third kappa shape index (κ3) is 11.2. The van der Waals surface area contributed by atoms with Crippen LogP contribution in [-0.2, 0) is 35.8 Å². The Bertz CT molecular complexity index is 1940. The number of hydrogen-bond donors (Lipinski definition) is 2. The van der Waals surface area contributed by atoms with Crippen molar-refractivity contribution in [3.05, 3.63) is 143 Å². The van der Waals surface area contributed by atoms with Gasteiger partial charge in [-0.15, -0.1) is 0 Å². The molecule has 5 aromatic rings. The van der Waals surface area contributed by atoms with Crippen LogP contribution in [0.25, 0.3) is 0 Å². The van der Waals surface area contributed by atoms with E-state index >= 15 is 0 Å². The molecule has 5 rings (SSSR count). The number of rotatable bonds is 14. The normalized spacial score (nSPS) is 10.5. The predicted octanol–water partition coefficient (Wildman–Crippen LogP) is 4.26. The van der Waals surface area contributed by atoms with Crippen molar-refractivity contribution in [3.63, 3.8) is 0 Å². The van der Waals surface area contributed by atoms with E-state index in [1.165, 1.54) is 0 Å². The molecular weight excluding hydrogens is 660 g/mol. The number of aromatic nitrogens is 4. The molecule has 0 fully saturated rings. The largest absolute Gasteiger partial charge is 0.493 e. The van der Waals surface area contributed by atoms with Crippen molar-refractivity contribution >= 4 is 11.9 Å². The van der Waals surface area contributed by atoms with E-state index in [2.05, 4.69) is 43.6 Å². The highest BCUT2D eigenvalue weighted by Gasteiger charge is 2.14. The first-order valence-electron chi connectivity index (χ1n) is 16.2. The molecule has 0 aliphatic heterocycles. The van der Waals surface area contributed by atoms with Gasteiger partial charge >= 0.3 is 11.9 Å². The topological polar surface area (TPSA) is 151 Å². The van der Waals surface area contributed by atoms with Gasteiger partial charge in [0.05, 0.1) is 50.1 Å². The molecule has 52 heavy (non-hydrogen) atoms. The standard InChI is InChI=1S/C40H36N6O6/c1-51-37-19-31(13-9-29-11-15-35(43-21-29)25-45(27-39(47)48)23-33-7-3-5-17-41-33)32(20-38(37)52-2)14-10-30-12-16-36(44-22-30)26-46(28-40(49)50)24-34-8-4-6-18-42-34/h3-8,11-12,15-22H,23-28H2,1-2H3,(H,47,48)(H,49,50). The lowest BCUT2D eigenvalue weighted by Crippen LogP contribution is -2.29. The minimum atomic E-state index is -0.933. The van der Waals surface area contributed by atoms with Crippen LogP contribution in [0.1, 0.15) is 45.0 Å². The van der Waals surface area contributed by atoms with Gasteiger partial charge in [-0.25, -0.2) is 0 Å². The number of methoxy groups -OCH3 is 2. The molecule has 1 aromatic carbocycles. The molecule has 0 spiro atoms. The maximum atomic E-state index is 11.5. The van der Waals surface area contributed by atoms with Crippen LogP contribution in [0.15, 0.2) is 97.6 Å². The van der Waals surface area contributed by atoms with E-state index in [1.54, 1.807) is 60.9 Å². The van der Waals surface area contributed by atoms with Gasteiger partial charge in [-0.2, -0.15) is 0 Å². The summed E-state index contributed by atoms with van der Waals surface area (Å²) in [6.07, 6.45) is 6.65. The van der Waals surface area contributed by atoms with Crippen molar-refractivity contribution < 1.29 is 29.3 Å². The molecule has 4 aromatic heterocycles. The van der Waals surface area contributed by atoms with Crippen molar-refractivity contribution in [2.45, 2.75) is 26.2 Å². The number of aliphatic carboxylic acids is 2.